The van der Waals surface area contributed by atoms with Crippen LogP contribution in [0.3, 0.4) is 0 Å². The lowest BCUT2D eigenvalue weighted by atomic mass is 10.0. The minimum atomic E-state index is -4.90. The number of azo groups is 2. The minimum Gasteiger partial charge on any atom is -0.505 e. The van der Waals surface area contributed by atoms with Crippen LogP contribution in [-0.2, 0) is 20.2 Å². The highest BCUT2D eigenvalue weighted by Crippen LogP contribution is 2.42. The predicted molar refractivity (Wildman–Crippen MR) is 136 cm³/mol. The predicted octanol–water partition coefficient (Wildman–Crippen LogP) is 5.82. The lowest BCUT2D eigenvalue weighted by Gasteiger charge is -2.13. The Labute approximate surface area is 213 Å². The molecule has 0 aromatic heterocycles. The molecule has 37 heavy (non-hydrogen) atoms. The van der Waals surface area contributed by atoms with Crippen molar-refractivity contribution >= 4 is 42.4 Å². The Hall–Kier alpha value is -3.78. The van der Waals surface area contributed by atoms with Crippen molar-refractivity contribution in [3.8, 4) is 5.75 Å². The average molecular weight is 543 g/mol. The maximum Gasteiger partial charge on any atom is 0.296 e. The van der Waals surface area contributed by atoms with E-state index >= 15 is 0 Å². The van der Waals surface area contributed by atoms with E-state index < -0.39 is 41.5 Å². The second kappa shape index (κ2) is 9.94. The van der Waals surface area contributed by atoms with E-state index in [2.05, 4.69) is 20.5 Å². The van der Waals surface area contributed by atoms with Gasteiger partial charge in [-0.2, -0.15) is 32.2 Å². The maximum absolute atomic E-state index is 12.0. The SMILES string of the molecule is CC1=CC(N=Nc2ccccc2C)CC=C1N=Nc1c(S(=O)(=O)O)cc2cc(S(=O)(=O)O)ccc2c1O. The van der Waals surface area contributed by atoms with Gasteiger partial charge in [0, 0.05) is 5.39 Å². The molecule has 3 N–H and O–H groups in total. The molecule has 0 aliphatic heterocycles. The van der Waals surface area contributed by atoms with Crippen molar-refractivity contribution in [2.75, 3.05) is 0 Å². The molecule has 0 amide bonds. The van der Waals surface area contributed by atoms with Gasteiger partial charge in [-0.05, 0) is 67.1 Å². The number of phenols is 1. The van der Waals surface area contributed by atoms with E-state index in [0.29, 0.717) is 17.7 Å². The van der Waals surface area contributed by atoms with Crippen LogP contribution >= 0.6 is 0 Å². The minimum absolute atomic E-state index is 0.0373. The van der Waals surface area contributed by atoms with Gasteiger partial charge in [0.15, 0.2) is 5.75 Å². The highest BCUT2D eigenvalue weighted by molar-refractivity contribution is 7.86. The molecule has 0 bridgehead atoms. The Kier molecular flexibility index (Phi) is 7.06. The topological polar surface area (TPSA) is 178 Å². The Bertz CT molecular complexity index is 1740. The summed E-state index contributed by atoms with van der Waals surface area (Å²) in [5, 5.41) is 27.3. The van der Waals surface area contributed by atoms with Crippen LogP contribution in [0.5, 0.6) is 5.75 Å². The van der Waals surface area contributed by atoms with E-state index in [1.54, 1.807) is 13.0 Å². The van der Waals surface area contributed by atoms with Crippen molar-refractivity contribution in [1.82, 2.24) is 0 Å². The fourth-order valence-electron chi connectivity index (χ4n) is 3.73. The van der Waals surface area contributed by atoms with Gasteiger partial charge < -0.3 is 5.11 Å². The lowest BCUT2D eigenvalue weighted by Crippen LogP contribution is -2.04. The van der Waals surface area contributed by atoms with Crippen molar-refractivity contribution in [1.29, 1.82) is 0 Å². The van der Waals surface area contributed by atoms with Crippen LogP contribution in [0.2, 0.25) is 0 Å². The van der Waals surface area contributed by atoms with Gasteiger partial charge in [-0.15, -0.1) is 5.11 Å². The molecule has 1 unspecified atom stereocenters. The van der Waals surface area contributed by atoms with Crippen molar-refractivity contribution in [2.24, 2.45) is 20.5 Å². The number of hydrogen-bond donors (Lipinski definition) is 3. The Balaban J connectivity index is 1.67. The first-order chi connectivity index (χ1) is 17.3. The van der Waals surface area contributed by atoms with E-state index in [0.717, 1.165) is 29.4 Å². The van der Waals surface area contributed by atoms with E-state index in [1.807, 2.05) is 37.3 Å². The van der Waals surface area contributed by atoms with Crippen LogP contribution in [0, 0.1) is 6.92 Å². The van der Waals surface area contributed by atoms with E-state index in [1.165, 1.54) is 6.07 Å². The molecule has 4 rings (SSSR count). The van der Waals surface area contributed by atoms with Crippen LogP contribution < -0.4 is 0 Å². The molecule has 192 valence electrons. The normalized spacial score (nSPS) is 16.9. The quantitative estimate of drug-likeness (QED) is 0.259. The number of phenolic OH excluding ortho intramolecular Hbond substituents is 1. The summed E-state index contributed by atoms with van der Waals surface area (Å²) in [6.45, 7) is 3.70. The van der Waals surface area contributed by atoms with Crippen LogP contribution in [0.25, 0.3) is 10.8 Å². The van der Waals surface area contributed by atoms with Crippen LogP contribution in [0.4, 0.5) is 11.4 Å². The van der Waals surface area contributed by atoms with Crippen molar-refractivity contribution in [3.63, 3.8) is 0 Å². The first-order valence-corrected chi connectivity index (χ1v) is 13.7. The zero-order chi connectivity index (χ0) is 27.0. The van der Waals surface area contributed by atoms with Crippen molar-refractivity contribution < 1.29 is 31.0 Å². The monoisotopic (exact) mass is 542 g/mol. The first kappa shape index (κ1) is 26.3. The number of allylic oxidation sites excluding steroid dienone is 1. The highest BCUT2D eigenvalue weighted by Gasteiger charge is 2.23. The summed E-state index contributed by atoms with van der Waals surface area (Å²) < 4.78 is 65.9. The molecule has 0 saturated carbocycles. The Morgan fingerprint density at radius 1 is 0.892 bits per heavy atom. The van der Waals surface area contributed by atoms with Crippen LogP contribution in [0.1, 0.15) is 18.9 Å². The maximum atomic E-state index is 12.0. The fourth-order valence-corrected chi connectivity index (χ4v) is 4.91. The molecular weight excluding hydrogens is 520 g/mol. The molecule has 1 aliphatic rings. The number of nitrogens with zero attached hydrogens (tertiary/aromatic N) is 4. The zero-order valence-electron chi connectivity index (χ0n) is 19.6. The van der Waals surface area contributed by atoms with Gasteiger partial charge in [-0.3, -0.25) is 9.11 Å². The van der Waals surface area contributed by atoms with Gasteiger partial charge in [0.05, 0.1) is 22.3 Å². The Morgan fingerprint density at radius 3 is 2.27 bits per heavy atom. The number of hydrogen-bond acceptors (Lipinski definition) is 9. The van der Waals surface area contributed by atoms with Gasteiger partial charge in [0.25, 0.3) is 20.2 Å². The molecule has 1 atom stereocenters. The highest BCUT2D eigenvalue weighted by atomic mass is 32.2. The summed E-state index contributed by atoms with van der Waals surface area (Å²) in [4.78, 5) is -1.30. The molecule has 11 nitrogen and oxygen atoms in total. The van der Waals surface area contributed by atoms with Crippen molar-refractivity contribution in [2.45, 2.75) is 36.1 Å². The van der Waals surface area contributed by atoms with Gasteiger partial charge in [0.2, 0.25) is 0 Å². The van der Waals surface area contributed by atoms with Gasteiger partial charge in [-0.25, -0.2) is 0 Å². The average Bonchev–Trinajstić information content (AvgIpc) is 2.82. The largest absolute Gasteiger partial charge is 0.505 e. The standard InChI is InChI=1S/C24H22N4O7S2/c1-14-5-3-4-6-20(14)26-25-17-7-10-21(15(2)11-17)27-28-23-22(37(33,34)35)13-16-12-18(36(30,31)32)8-9-19(16)24(23)29/h3-6,8-13,17,29H,7H2,1-2H3,(H,30,31,32)(H,33,34,35). The third kappa shape index (κ3) is 5.80. The molecule has 0 saturated heterocycles. The summed E-state index contributed by atoms with van der Waals surface area (Å²) in [5.74, 6) is -0.640. The second-order valence-electron chi connectivity index (χ2n) is 8.35. The fraction of sp³-hybridized carbons (Fsp3) is 0.167. The number of aromatic hydroxyl groups is 1. The number of benzene rings is 3. The third-order valence-corrected chi connectivity index (χ3v) is 7.40. The third-order valence-electron chi connectivity index (χ3n) is 5.68. The zero-order valence-corrected chi connectivity index (χ0v) is 21.3. The smallest absolute Gasteiger partial charge is 0.296 e. The summed E-state index contributed by atoms with van der Waals surface area (Å²) >= 11 is 0. The Morgan fingerprint density at radius 2 is 1.62 bits per heavy atom. The lowest BCUT2D eigenvalue weighted by molar-refractivity contribution is 0.472. The van der Waals surface area contributed by atoms with E-state index in [4.69, 9.17) is 0 Å². The van der Waals surface area contributed by atoms with Crippen LogP contribution in [0.15, 0.2) is 102 Å². The summed E-state index contributed by atoms with van der Waals surface area (Å²) in [6, 6.07) is 11.5. The van der Waals surface area contributed by atoms with E-state index in [9.17, 15) is 31.0 Å². The molecule has 0 radical (unpaired) electrons. The molecule has 0 spiro atoms. The van der Waals surface area contributed by atoms with Crippen molar-refractivity contribution in [3.05, 3.63) is 77.5 Å². The molecule has 0 fully saturated rings. The van der Waals surface area contributed by atoms with Crippen LogP contribution in [-0.4, -0.2) is 37.1 Å². The van der Waals surface area contributed by atoms with Gasteiger partial charge in [0.1, 0.15) is 10.6 Å². The molecular formula is C24H22N4O7S2. The second-order valence-corrected chi connectivity index (χ2v) is 11.2. The molecule has 3 aromatic rings. The first-order valence-electron chi connectivity index (χ1n) is 10.9. The van der Waals surface area contributed by atoms with Gasteiger partial charge in [-0.1, -0.05) is 30.4 Å². The van der Waals surface area contributed by atoms with E-state index in [-0.39, 0.29) is 16.8 Å². The molecule has 0 heterocycles. The van der Waals surface area contributed by atoms with Gasteiger partial charge >= 0.3 is 0 Å². The molecule has 13 heteroatoms. The molecule has 1 aliphatic carbocycles. The number of rotatable bonds is 6. The number of fused-ring (bicyclic) bond motifs is 1. The number of aryl methyl sites for hydroxylation is 1. The summed E-state index contributed by atoms with van der Waals surface area (Å²) in [5.41, 5.74) is 2.33. The molecule has 3 aromatic carbocycles. The summed E-state index contributed by atoms with van der Waals surface area (Å²) in [6.07, 6.45) is 4.02. The summed E-state index contributed by atoms with van der Waals surface area (Å²) in [7, 11) is -9.48.